The van der Waals surface area contributed by atoms with Crippen molar-refractivity contribution in [2.75, 3.05) is 0 Å². The van der Waals surface area contributed by atoms with Gasteiger partial charge in [-0.25, -0.2) is 4.39 Å². The Bertz CT molecular complexity index is 1140. The van der Waals surface area contributed by atoms with Gasteiger partial charge in [0.05, 0.1) is 0 Å². The minimum absolute atomic E-state index is 0.110. The monoisotopic (exact) mass is 342 g/mol. The zero-order chi connectivity index (χ0) is 16.7. The van der Waals surface area contributed by atoms with E-state index in [0.717, 1.165) is 35.0 Å². The molecule has 1 heterocycles. The first-order valence-electron chi connectivity index (χ1n) is 7.14. The minimum Gasteiger partial charge on any atom is -0.456 e. The SMILES string of the molecule is O=S(=O)(Oc1ccc2oc3ccccc3c2c1)c1ccc(F)cc1. The lowest BCUT2D eigenvalue weighted by molar-refractivity contribution is 0.486. The van der Waals surface area contributed by atoms with Crippen molar-refractivity contribution in [3.8, 4) is 5.75 Å². The predicted molar refractivity (Wildman–Crippen MR) is 87.9 cm³/mol. The van der Waals surface area contributed by atoms with Crippen LogP contribution in [0.1, 0.15) is 0 Å². The molecule has 4 rings (SSSR count). The van der Waals surface area contributed by atoms with Crippen molar-refractivity contribution in [2.24, 2.45) is 0 Å². The van der Waals surface area contributed by atoms with Crippen LogP contribution in [-0.4, -0.2) is 8.42 Å². The second-order valence-electron chi connectivity index (χ2n) is 5.25. The first-order chi connectivity index (χ1) is 11.5. The molecule has 0 N–H and O–H groups in total. The Morgan fingerprint density at radius 3 is 2.33 bits per heavy atom. The van der Waals surface area contributed by atoms with Gasteiger partial charge in [0.15, 0.2) is 0 Å². The third-order valence-electron chi connectivity index (χ3n) is 3.66. The fraction of sp³-hybridized carbons (Fsp3) is 0. The van der Waals surface area contributed by atoms with Gasteiger partial charge >= 0.3 is 10.1 Å². The number of halogens is 1. The highest BCUT2D eigenvalue weighted by Gasteiger charge is 2.17. The lowest BCUT2D eigenvalue weighted by Crippen LogP contribution is -2.09. The van der Waals surface area contributed by atoms with Crippen molar-refractivity contribution in [3.05, 3.63) is 72.5 Å². The molecule has 4 nitrogen and oxygen atoms in total. The average molecular weight is 342 g/mol. The largest absolute Gasteiger partial charge is 0.456 e. The Hall–Kier alpha value is -2.86. The lowest BCUT2D eigenvalue weighted by Gasteiger charge is -2.07. The first-order valence-corrected chi connectivity index (χ1v) is 8.55. The van der Waals surface area contributed by atoms with Gasteiger partial charge in [-0.2, -0.15) is 8.42 Å². The molecule has 6 heteroatoms. The molecule has 0 fully saturated rings. The van der Waals surface area contributed by atoms with E-state index in [9.17, 15) is 12.8 Å². The van der Waals surface area contributed by atoms with Gasteiger partial charge < -0.3 is 8.60 Å². The van der Waals surface area contributed by atoms with Crippen LogP contribution in [0.5, 0.6) is 5.75 Å². The van der Waals surface area contributed by atoms with Crippen LogP contribution in [0.4, 0.5) is 4.39 Å². The fourth-order valence-electron chi connectivity index (χ4n) is 2.53. The van der Waals surface area contributed by atoms with Gasteiger partial charge in [0, 0.05) is 10.8 Å². The van der Waals surface area contributed by atoms with Crippen LogP contribution < -0.4 is 4.18 Å². The normalized spacial score (nSPS) is 11.9. The van der Waals surface area contributed by atoms with Crippen LogP contribution in [0.2, 0.25) is 0 Å². The van der Waals surface area contributed by atoms with Gasteiger partial charge in [0.2, 0.25) is 0 Å². The van der Waals surface area contributed by atoms with Crippen molar-refractivity contribution in [1.29, 1.82) is 0 Å². The van der Waals surface area contributed by atoms with Gasteiger partial charge in [0.25, 0.3) is 0 Å². The molecule has 0 aliphatic rings. The van der Waals surface area contributed by atoms with Crippen LogP contribution >= 0.6 is 0 Å². The summed E-state index contributed by atoms with van der Waals surface area (Å²) in [5, 5.41) is 1.63. The molecule has 0 aliphatic heterocycles. The van der Waals surface area contributed by atoms with Crippen molar-refractivity contribution < 1.29 is 21.4 Å². The Labute approximate surface area is 137 Å². The maximum Gasteiger partial charge on any atom is 0.339 e. The number of para-hydroxylation sites is 1. The van der Waals surface area contributed by atoms with E-state index in [1.807, 2.05) is 24.3 Å². The highest BCUT2D eigenvalue weighted by atomic mass is 32.2. The predicted octanol–water partition coefficient (Wildman–Crippen LogP) is 4.49. The van der Waals surface area contributed by atoms with Crippen LogP contribution in [0.15, 0.2) is 76.0 Å². The number of benzene rings is 3. The van der Waals surface area contributed by atoms with Gasteiger partial charge in [-0.15, -0.1) is 0 Å². The maximum atomic E-state index is 12.9. The quantitative estimate of drug-likeness (QED) is 0.515. The smallest absolute Gasteiger partial charge is 0.339 e. The maximum absolute atomic E-state index is 12.9. The molecule has 0 saturated carbocycles. The van der Waals surface area contributed by atoms with E-state index < -0.39 is 15.9 Å². The van der Waals surface area contributed by atoms with Gasteiger partial charge in [0.1, 0.15) is 27.6 Å². The summed E-state index contributed by atoms with van der Waals surface area (Å²) in [7, 11) is -4.03. The lowest BCUT2D eigenvalue weighted by atomic mass is 10.1. The van der Waals surface area contributed by atoms with Crippen molar-refractivity contribution in [2.45, 2.75) is 4.90 Å². The molecule has 0 saturated heterocycles. The van der Waals surface area contributed by atoms with Crippen molar-refractivity contribution >= 4 is 32.1 Å². The van der Waals surface area contributed by atoms with E-state index in [0.29, 0.717) is 11.2 Å². The van der Waals surface area contributed by atoms with E-state index in [1.54, 1.807) is 12.1 Å². The Morgan fingerprint density at radius 2 is 1.54 bits per heavy atom. The zero-order valence-electron chi connectivity index (χ0n) is 12.3. The summed E-state index contributed by atoms with van der Waals surface area (Å²) < 4.78 is 48.4. The number of rotatable bonds is 3. The van der Waals surface area contributed by atoms with E-state index >= 15 is 0 Å². The number of fused-ring (bicyclic) bond motifs is 3. The second-order valence-corrected chi connectivity index (χ2v) is 6.79. The molecule has 120 valence electrons. The van der Waals surface area contributed by atoms with E-state index in [2.05, 4.69) is 0 Å². The van der Waals surface area contributed by atoms with E-state index in [-0.39, 0.29) is 10.6 Å². The molecule has 0 bridgehead atoms. The number of furan rings is 1. The average Bonchev–Trinajstić information content (AvgIpc) is 2.93. The molecule has 1 aromatic heterocycles. The molecule has 0 radical (unpaired) electrons. The third-order valence-corrected chi connectivity index (χ3v) is 4.92. The van der Waals surface area contributed by atoms with E-state index in [4.69, 9.17) is 8.60 Å². The van der Waals surface area contributed by atoms with Crippen molar-refractivity contribution in [3.63, 3.8) is 0 Å². The summed E-state index contributed by atoms with van der Waals surface area (Å²) in [5.41, 5.74) is 1.36. The van der Waals surface area contributed by atoms with E-state index in [1.165, 1.54) is 6.07 Å². The molecule has 0 atom stereocenters. The summed E-state index contributed by atoms with van der Waals surface area (Å²) >= 11 is 0. The number of hydrogen-bond donors (Lipinski definition) is 0. The molecule has 0 unspecified atom stereocenters. The first kappa shape index (κ1) is 14.7. The Kier molecular flexibility index (Phi) is 3.28. The second kappa shape index (κ2) is 5.35. The highest BCUT2D eigenvalue weighted by Crippen LogP contribution is 2.32. The summed E-state index contributed by atoms with van der Waals surface area (Å²) in [6, 6.07) is 16.7. The van der Waals surface area contributed by atoms with Crippen LogP contribution in [-0.2, 0) is 10.1 Å². The van der Waals surface area contributed by atoms with Gasteiger partial charge in [-0.1, -0.05) is 18.2 Å². The molecular formula is C18H11FO4S. The zero-order valence-corrected chi connectivity index (χ0v) is 13.1. The number of hydrogen-bond acceptors (Lipinski definition) is 4. The molecule has 24 heavy (non-hydrogen) atoms. The van der Waals surface area contributed by atoms with Crippen LogP contribution in [0.25, 0.3) is 21.9 Å². The highest BCUT2D eigenvalue weighted by molar-refractivity contribution is 7.87. The molecule has 3 aromatic carbocycles. The van der Waals surface area contributed by atoms with Crippen molar-refractivity contribution in [1.82, 2.24) is 0 Å². The molecular weight excluding hydrogens is 331 g/mol. The summed E-state index contributed by atoms with van der Waals surface area (Å²) in [4.78, 5) is -0.110. The molecule has 0 spiro atoms. The van der Waals surface area contributed by atoms with Gasteiger partial charge in [-0.3, -0.25) is 0 Å². The summed E-state index contributed by atoms with van der Waals surface area (Å²) in [6.45, 7) is 0. The van der Waals surface area contributed by atoms with Crippen LogP contribution in [0, 0.1) is 5.82 Å². The topological polar surface area (TPSA) is 56.5 Å². The summed E-state index contributed by atoms with van der Waals surface area (Å²) in [5.74, 6) is -0.349. The van der Waals surface area contributed by atoms with Crippen LogP contribution in [0.3, 0.4) is 0 Å². The molecule has 4 aromatic rings. The standard InChI is InChI=1S/C18H11FO4S/c19-12-5-8-14(9-6-12)24(20,21)23-13-7-10-18-16(11-13)15-3-1-2-4-17(15)22-18/h1-11H. The Morgan fingerprint density at radius 1 is 0.833 bits per heavy atom. The molecule has 0 amide bonds. The summed E-state index contributed by atoms with van der Waals surface area (Å²) in [6.07, 6.45) is 0. The minimum atomic E-state index is -4.03. The fourth-order valence-corrected chi connectivity index (χ4v) is 3.46. The van der Waals surface area contributed by atoms with Gasteiger partial charge in [-0.05, 0) is 48.5 Å². The molecule has 0 aliphatic carbocycles. The third kappa shape index (κ3) is 2.51. The Balaban J connectivity index is 1.76.